The highest BCUT2D eigenvalue weighted by Gasteiger charge is 2.36. The summed E-state index contributed by atoms with van der Waals surface area (Å²) < 4.78 is 41.5. The highest BCUT2D eigenvalue weighted by atomic mass is 19.4. The van der Waals surface area contributed by atoms with Gasteiger partial charge in [-0.1, -0.05) is 36.4 Å². The van der Waals surface area contributed by atoms with Crippen molar-refractivity contribution in [1.29, 1.82) is 0 Å². The molecule has 3 amide bonds. The van der Waals surface area contributed by atoms with Crippen LogP contribution in [0.5, 0.6) is 0 Å². The second-order valence-electron chi connectivity index (χ2n) is 12.3. The van der Waals surface area contributed by atoms with Crippen molar-refractivity contribution in [3.8, 4) is 0 Å². The minimum absolute atomic E-state index is 0.0406. The molecule has 0 aliphatic carbocycles. The summed E-state index contributed by atoms with van der Waals surface area (Å²) in [6.45, 7) is 2.43. The third-order valence-corrected chi connectivity index (χ3v) is 8.95. The lowest BCUT2D eigenvalue weighted by atomic mass is 9.90. The molecule has 0 radical (unpaired) electrons. The molecule has 3 heterocycles. The lowest BCUT2D eigenvalue weighted by Crippen LogP contribution is -2.42. The Morgan fingerprint density at radius 3 is 2.34 bits per heavy atom. The zero-order valence-electron chi connectivity index (χ0n) is 27.3. The molecule has 3 aromatic carbocycles. The number of alkyl halides is 3. The van der Waals surface area contributed by atoms with Crippen LogP contribution < -0.4 is 31.5 Å². The van der Waals surface area contributed by atoms with Crippen LogP contribution in [-0.4, -0.2) is 53.9 Å². The van der Waals surface area contributed by atoms with Crippen LogP contribution in [0.1, 0.15) is 58.6 Å². The first-order valence-electron chi connectivity index (χ1n) is 16.4. The summed E-state index contributed by atoms with van der Waals surface area (Å²) in [4.78, 5) is 46.3. The number of nitrogens with one attached hydrogen (secondary N) is 5. The van der Waals surface area contributed by atoms with Crippen LogP contribution in [0.25, 0.3) is 0 Å². The average Bonchev–Trinajstić information content (AvgIpc) is 3.11. The van der Waals surface area contributed by atoms with Crippen molar-refractivity contribution in [2.75, 3.05) is 35.7 Å². The van der Waals surface area contributed by atoms with Gasteiger partial charge in [-0.3, -0.25) is 19.7 Å². The Kier molecular flexibility index (Phi) is 10.3. The zero-order valence-corrected chi connectivity index (χ0v) is 27.3. The van der Waals surface area contributed by atoms with Gasteiger partial charge in [-0.15, -0.1) is 0 Å². The van der Waals surface area contributed by atoms with Gasteiger partial charge < -0.3 is 26.2 Å². The van der Waals surface area contributed by atoms with Gasteiger partial charge in [0.15, 0.2) is 0 Å². The molecule has 1 atom stereocenters. The third-order valence-electron chi connectivity index (χ3n) is 8.95. The van der Waals surface area contributed by atoms with E-state index in [1.807, 2.05) is 48.5 Å². The lowest BCUT2D eigenvalue weighted by molar-refractivity contribution is -0.137. The molecule has 1 unspecified atom stereocenters. The van der Waals surface area contributed by atoms with E-state index in [1.165, 1.54) is 19.2 Å². The molecule has 1 aromatic heterocycles. The topological polar surface area (TPSA) is 140 Å². The summed E-state index contributed by atoms with van der Waals surface area (Å²) >= 11 is 0. The number of nitrogens with zero attached hydrogens (tertiary/aromatic N) is 3. The third kappa shape index (κ3) is 8.20. The zero-order chi connectivity index (χ0) is 35.3. The van der Waals surface area contributed by atoms with Gasteiger partial charge in [0, 0.05) is 56.7 Å². The molecule has 0 bridgehead atoms. The van der Waals surface area contributed by atoms with E-state index in [9.17, 15) is 27.6 Å². The number of rotatable bonds is 10. The van der Waals surface area contributed by atoms with Crippen molar-refractivity contribution in [3.05, 3.63) is 101 Å². The second kappa shape index (κ2) is 14.9. The summed E-state index contributed by atoms with van der Waals surface area (Å²) in [5, 5.41) is 14.2. The van der Waals surface area contributed by atoms with Crippen molar-refractivity contribution in [2.24, 2.45) is 0 Å². The number of piperidine rings is 2. The largest absolute Gasteiger partial charge is 0.421 e. The summed E-state index contributed by atoms with van der Waals surface area (Å²) in [7, 11) is 1.44. The number of amides is 3. The van der Waals surface area contributed by atoms with E-state index in [0.29, 0.717) is 37.3 Å². The Hall–Kier alpha value is -5.50. The van der Waals surface area contributed by atoms with Gasteiger partial charge in [-0.2, -0.15) is 18.2 Å². The molecule has 260 valence electrons. The van der Waals surface area contributed by atoms with E-state index in [-0.39, 0.29) is 34.9 Å². The SMILES string of the molecule is CNC(=O)c1ccccc1Nc1nc(Nc2ccc(CNC3CCN(c4ccc(C5CCC(=O)NC5=O)cc4)CC3)cc2)ncc1C(F)(F)F. The Morgan fingerprint density at radius 2 is 1.66 bits per heavy atom. The molecular formula is C36H37F3N8O3. The number of aromatic nitrogens is 2. The van der Waals surface area contributed by atoms with E-state index in [1.54, 1.807) is 12.1 Å². The first kappa shape index (κ1) is 34.4. The van der Waals surface area contributed by atoms with Gasteiger partial charge in [0.05, 0.1) is 17.2 Å². The minimum Gasteiger partial charge on any atom is -0.371 e. The van der Waals surface area contributed by atoms with E-state index in [4.69, 9.17) is 0 Å². The Balaban J connectivity index is 1.02. The number of halogens is 3. The number of imide groups is 1. The second-order valence-corrected chi connectivity index (χ2v) is 12.3. The quantitative estimate of drug-likeness (QED) is 0.135. The highest BCUT2D eigenvalue weighted by molar-refractivity contribution is 6.01. The molecule has 2 saturated heterocycles. The molecule has 5 N–H and O–H groups in total. The maximum atomic E-state index is 13.8. The maximum absolute atomic E-state index is 13.8. The smallest absolute Gasteiger partial charge is 0.371 e. The number of anilines is 5. The van der Waals surface area contributed by atoms with Crippen LogP contribution in [0, 0.1) is 0 Å². The van der Waals surface area contributed by atoms with Crippen LogP contribution in [0.3, 0.4) is 0 Å². The molecule has 2 aliphatic heterocycles. The summed E-state index contributed by atoms with van der Waals surface area (Å²) in [6.07, 6.45) is -1.20. The van der Waals surface area contributed by atoms with E-state index >= 15 is 0 Å². The van der Waals surface area contributed by atoms with Gasteiger partial charge >= 0.3 is 6.18 Å². The number of carbonyl (C=O) groups excluding carboxylic acids is 3. The average molecular weight is 687 g/mol. The predicted molar refractivity (Wildman–Crippen MR) is 184 cm³/mol. The van der Waals surface area contributed by atoms with Crippen LogP contribution in [0.4, 0.5) is 42.0 Å². The molecule has 2 fully saturated rings. The van der Waals surface area contributed by atoms with E-state index in [2.05, 4.69) is 41.5 Å². The van der Waals surface area contributed by atoms with Gasteiger partial charge in [0.2, 0.25) is 17.8 Å². The van der Waals surface area contributed by atoms with Crippen molar-refractivity contribution in [2.45, 2.75) is 50.4 Å². The predicted octanol–water partition coefficient (Wildman–Crippen LogP) is 5.62. The lowest BCUT2D eigenvalue weighted by Gasteiger charge is -2.34. The number of carbonyl (C=O) groups is 3. The Bertz CT molecular complexity index is 1840. The van der Waals surface area contributed by atoms with Gasteiger partial charge in [0.1, 0.15) is 11.4 Å². The van der Waals surface area contributed by atoms with Crippen LogP contribution >= 0.6 is 0 Å². The van der Waals surface area contributed by atoms with Crippen LogP contribution in [0.15, 0.2) is 79.0 Å². The monoisotopic (exact) mass is 686 g/mol. The molecule has 2 aliphatic rings. The van der Waals surface area contributed by atoms with Crippen molar-refractivity contribution in [3.63, 3.8) is 0 Å². The number of hydrogen-bond acceptors (Lipinski definition) is 9. The van der Waals surface area contributed by atoms with Crippen molar-refractivity contribution >= 4 is 46.5 Å². The van der Waals surface area contributed by atoms with E-state index < -0.39 is 23.5 Å². The normalized spacial score (nSPS) is 16.9. The molecule has 50 heavy (non-hydrogen) atoms. The Labute approximate surface area is 287 Å². The maximum Gasteiger partial charge on any atom is 0.421 e. The molecular weight excluding hydrogens is 649 g/mol. The van der Waals surface area contributed by atoms with E-state index in [0.717, 1.165) is 42.7 Å². The fraction of sp³-hybridized carbons (Fsp3) is 0.306. The van der Waals surface area contributed by atoms with Crippen molar-refractivity contribution < 1.29 is 27.6 Å². The van der Waals surface area contributed by atoms with Crippen molar-refractivity contribution in [1.82, 2.24) is 25.9 Å². The number of para-hydroxylation sites is 1. The highest BCUT2D eigenvalue weighted by Crippen LogP contribution is 2.36. The first-order valence-corrected chi connectivity index (χ1v) is 16.4. The molecule has 11 nitrogen and oxygen atoms in total. The number of hydrogen-bond donors (Lipinski definition) is 5. The molecule has 4 aromatic rings. The molecule has 14 heteroatoms. The molecule has 0 saturated carbocycles. The summed E-state index contributed by atoms with van der Waals surface area (Å²) in [5.74, 6) is -1.72. The van der Waals surface area contributed by atoms with Crippen LogP contribution in [-0.2, 0) is 22.3 Å². The first-order chi connectivity index (χ1) is 24.1. The summed E-state index contributed by atoms with van der Waals surface area (Å²) in [6, 6.07) is 22.1. The standard InChI is InChI=1S/C36H37F3N8O3/c1-40-33(49)28-4-2-3-5-30(28)44-32-29(36(37,38)39)21-42-35(46-32)43-25-10-6-22(7-11-25)20-41-24-16-18-47(19-17-24)26-12-8-23(9-13-26)27-14-15-31(48)45-34(27)50/h2-13,21,24,27,41H,14-20H2,1H3,(H,40,49)(H,45,48,50)(H2,42,43,44,46). The fourth-order valence-electron chi connectivity index (χ4n) is 6.17. The Morgan fingerprint density at radius 1 is 0.940 bits per heavy atom. The van der Waals surface area contributed by atoms with Gasteiger partial charge in [-0.05, 0) is 66.8 Å². The molecule has 0 spiro atoms. The number of benzene rings is 3. The van der Waals surface area contributed by atoms with Gasteiger partial charge in [0.25, 0.3) is 5.91 Å². The molecule has 6 rings (SSSR count). The van der Waals surface area contributed by atoms with Crippen LogP contribution in [0.2, 0.25) is 0 Å². The fourth-order valence-corrected chi connectivity index (χ4v) is 6.17. The summed E-state index contributed by atoms with van der Waals surface area (Å²) in [5.41, 5.74) is 2.95. The van der Waals surface area contributed by atoms with Gasteiger partial charge in [-0.25, -0.2) is 4.98 Å². The minimum atomic E-state index is -4.72.